The smallest absolute Gasteiger partial charge is 0.327 e. The molecular formula is C17H32N2O2. The molecule has 1 saturated carbocycles. The molecule has 4 nitrogen and oxygen atoms in total. The summed E-state index contributed by atoms with van der Waals surface area (Å²) in [6, 6.07) is 0.264. The summed E-state index contributed by atoms with van der Waals surface area (Å²) >= 11 is 0. The summed E-state index contributed by atoms with van der Waals surface area (Å²) in [6.07, 6.45) is 8.25. The SMILES string of the molecule is COC(=O)C(C)(CN1CCC2(CCCC2)CC1)NC(C)C. The fraction of sp³-hybridized carbons (Fsp3) is 0.941. The summed E-state index contributed by atoms with van der Waals surface area (Å²) in [5.74, 6) is -0.155. The molecule has 2 aliphatic rings. The molecule has 4 heteroatoms. The van der Waals surface area contributed by atoms with E-state index in [1.165, 1.54) is 45.6 Å². The van der Waals surface area contributed by atoms with E-state index in [1.807, 2.05) is 6.92 Å². The quantitative estimate of drug-likeness (QED) is 0.792. The van der Waals surface area contributed by atoms with E-state index in [0.717, 1.165) is 19.6 Å². The number of ether oxygens (including phenoxy) is 1. The van der Waals surface area contributed by atoms with E-state index >= 15 is 0 Å². The Morgan fingerprint density at radius 2 is 1.81 bits per heavy atom. The minimum Gasteiger partial charge on any atom is -0.468 e. The first kappa shape index (κ1) is 16.8. The van der Waals surface area contributed by atoms with Crippen molar-refractivity contribution in [2.24, 2.45) is 5.41 Å². The molecule has 1 aliphatic carbocycles. The normalized spacial score (nSPS) is 25.2. The van der Waals surface area contributed by atoms with Crippen molar-refractivity contribution in [1.82, 2.24) is 10.2 Å². The number of piperidine rings is 1. The average Bonchev–Trinajstić information content (AvgIpc) is 2.88. The molecule has 1 unspecified atom stereocenters. The Morgan fingerprint density at radius 3 is 2.29 bits per heavy atom. The predicted molar refractivity (Wildman–Crippen MR) is 85.3 cm³/mol. The van der Waals surface area contributed by atoms with Crippen LogP contribution in [0.15, 0.2) is 0 Å². The zero-order chi connectivity index (χ0) is 15.5. The second kappa shape index (κ2) is 6.66. The van der Waals surface area contributed by atoms with Crippen LogP contribution in [0.3, 0.4) is 0 Å². The summed E-state index contributed by atoms with van der Waals surface area (Å²) in [7, 11) is 1.48. The monoisotopic (exact) mass is 296 g/mol. The van der Waals surface area contributed by atoms with Gasteiger partial charge in [-0.05, 0) is 65.0 Å². The second-order valence-electron chi connectivity index (χ2n) is 7.61. The van der Waals surface area contributed by atoms with Gasteiger partial charge in [0.2, 0.25) is 0 Å². The van der Waals surface area contributed by atoms with Crippen LogP contribution in [0.1, 0.15) is 59.3 Å². The maximum absolute atomic E-state index is 12.2. The van der Waals surface area contributed by atoms with Crippen molar-refractivity contribution in [2.45, 2.75) is 70.9 Å². The summed E-state index contributed by atoms with van der Waals surface area (Å²) < 4.78 is 5.02. The van der Waals surface area contributed by atoms with Gasteiger partial charge in [-0.1, -0.05) is 12.8 Å². The first-order chi connectivity index (χ1) is 9.89. The van der Waals surface area contributed by atoms with Crippen LogP contribution >= 0.6 is 0 Å². The van der Waals surface area contributed by atoms with Crippen molar-refractivity contribution in [3.8, 4) is 0 Å². The highest BCUT2D eigenvalue weighted by Crippen LogP contribution is 2.46. The molecule has 122 valence electrons. The van der Waals surface area contributed by atoms with Crippen molar-refractivity contribution in [3.63, 3.8) is 0 Å². The number of methoxy groups -OCH3 is 1. The highest BCUT2D eigenvalue weighted by Gasteiger charge is 2.41. The van der Waals surface area contributed by atoms with Crippen molar-refractivity contribution in [3.05, 3.63) is 0 Å². The molecule has 1 atom stereocenters. The molecule has 0 aromatic heterocycles. The summed E-state index contributed by atoms with van der Waals surface area (Å²) in [5.41, 5.74) is 0.0206. The highest BCUT2D eigenvalue weighted by atomic mass is 16.5. The molecule has 1 N–H and O–H groups in total. The lowest BCUT2D eigenvalue weighted by atomic mass is 9.77. The number of likely N-dealkylation sites (tertiary alicyclic amines) is 1. The van der Waals surface area contributed by atoms with E-state index in [9.17, 15) is 4.79 Å². The Balaban J connectivity index is 1.93. The Morgan fingerprint density at radius 1 is 1.24 bits per heavy atom. The number of carbonyl (C=O) groups excluding carboxylic acids is 1. The van der Waals surface area contributed by atoms with Gasteiger partial charge in [-0.25, -0.2) is 0 Å². The van der Waals surface area contributed by atoms with Gasteiger partial charge in [0.25, 0.3) is 0 Å². The standard InChI is InChI=1S/C17H32N2O2/c1-14(2)18-16(3,15(20)21-4)13-19-11-9-17(10-12-19)7-5-6-8-17/h14,18H,5-13H2,1-4H3. The number of nitrogens with one attached hydrogen (secondary N) is 1. The lowest BCUT2D eigenvalue weighted by molar-refractivity contribution is -0.149. The van der Waals surface area contributed by atoms with Crippen LogP contribution in [0.5, 0.6) is 0 Å². The number of rotatable bonds is 5. The van der Waals surface area contributed by atoms with E-state index < -0.39 is 5.54 Å². The topological polar surface area (TPSA) is 41.6 Å². The second-order valence-corrected chi connectivity index (χ2v) is 7.61. The Bertz CT molecular complexity index is 354. The number of carbonyl (C=O) groups is 1. The summed E-state index contributed by atoms with van der Waals surface area (Å²) in [5, 5.41) is 3.40. The van der Waals surface area contributed by atoms with Gasteiger partial charge >= 0.3 is 5.97 Å². The molecular weight excluding hydrogens is 264 g/mol. The Hall–Kier alpha value is -0.610. The minimum absolute atomic E-state index is 0.155. The summed E-state index contributed by atoms with van der Waals surface area (Å²) in [6.45, 7) is 9.10. The Labute approximate surface area is 129 Å². The average molecular weight is 296 g/mol. The third kappa shape index (κ3) is 3.98. The molecule has 0 aromatic carbocycles. The van der Waals surface area contributed by atoms with Gasteiger partial charge in [-0.2, -0.15) is 0 Å². The highest BCUT2D eigenvalue weighted by molar-refractivity contribution is 5.80. The van der Waals surface area contributed by atoms with E-state index in [4.69, 9.17) is 4.74 Å². The lowest BCUT2D eigenvalue weighted by Gasteiger charge is -2.42. The maximum atomic E-state index is 12.2. The molecule has 1 aliphatic heterocycles. The van der Waals surface area contributed by atoms with Crippen LogP contribution in [0.4, 0.5) is 0 Å². The summed E-state index contributed by atoms with van der Waals surface area (Å²) in [4.78, 5) is 14.6. The molecule has 1 heterocycles. The van der Waals surface area contributed by atoms with Crippen LogP contribution in [0.25, 0.3) is 0 Å². The fourth-order valence-electron chi connectivity index (χ4n) is 4.29. The van der Waals surface area contributed by atoms with E-state index in [-0.39, 0.29) is 12.0 Å². The van der Waals surface area contributed by atoms with Crippen molar-refractivity contribution in [1.29, 1.82) is 0 Å². The number of esters is 1. The zero-order valence-corrected chi connectivity index (χ0v) is 14.2. The third-order valence-electron chi connectivity index (χ3n) is 5.36. The molecule has 0 amide bonds. The maximum Gasteiger partial charge on any atom is 0.327 e. The van der Waals surface area contributed by atoms with Crippen LogP contribution < -0.4 is 5.32 Å². The first-order valence-corrected chi connectivity index (χ1v) is 8.48. The predicted octanol–water partition coefficient (Wildman–Crippen LogP) is 2.57. The van der Waals surface area contributed by atoms with Crippen molar-refractivity contribution < 1.29 is 9.53 Å². The van der Waals surface area contributed by atoms with Crippen LogP contribution in [-0.4, -0.2) is 49.2 Å². The van der Waals surface area contributed by atoms with Crippen LogP contribution in [0, 0.1) is 5.41 Å². The van der Waals surface area contributed by atoms with Gasteiger partial charge in [0, 0.05) is 12.6 Å². The fourth-order valence-corrected chi connectivity index (χ4v) is 4.29. The number of hydrogen-bond donors (Lipinski definition) is 1. The molecule has 1 spiro atoms. The van der Waals surface area contributed by atoms with E-state index in [0.29, 0.717) is 5.41 Å². The molecule has 0 aromatic rings. The van der Waals surface area contributed by atoms with E-state index in [1.54, 1.807) is 0 Å². The van der Waals surface area contributed by atoms with Crippen molar-refractivity contribution in [2.75, 3.05) is 26.7 Å². The molecule has 2 rings (SSSR count). The molecule has 2 fully saturated rings. The van der Waals surface area contributed by atoms with E-state index in [2.05, 4.69) is 24.1 Å². The van der Waals surface area contributed by atoms with Gasteiger partial charge < -0.3 is 9.64 Å². The number of hydrogen-bond acceptors (Lipinski definition) is 4. The van der Waals surface area contributed by atoms with Gasteiger partial charge in [0.1, 0.15) is 5.54 Å². The first-order valence-electron chi connectivity index (χ1n) is 8.48. The number of nitrogens with zero attached hydrogens (tertiary/aromatic N) is 1. The van der Waals surface area contributed by atoms with Gasteiger partial charge in [0.15, 0.2) is 0 Å². The van der Waals surface area contributed by atoms with Crippen molar-refractivity contribution >= 4 is 5.97 Å². The van der Waals surface area contributed by atoms with Crippen LogP contribution in [0.2, 0.25) is 0 Å². The van der Waals surface area contributed by atoms with Gasteiger partial charge in [0.05, 0.1) is 7.11 Å². The lowest BCUT2D eigenvalue weighted by Crippen LogP contribution is -2.60. The zero-order valence-electron chi connectivity index (χ0n) is 14.2. The Kier molecular flexibility index (Phi) is 5.31. The molecule has 1 saturated heterocycles. The third-order valence-corrected chi connectivity index (χ3v) is 5.36. The van der Waals surface area contributed by atoms with Gasteiger partial charge in [-0.3, -0.25) is 10.1 Å². The molecule has 0 radical (unpaired) electrons. The molecule has 21 heavy (non-hydrogen) atoms. The van der Waals surface area contributed by atoms with Gasteiger partial charge in [-0.15, -0.1) is 0 Å². The van der Waals surface area contributed by atoms with Crippen LogP contribution in [-0.2, 0) is 9.53 Å². The molecule has 0 bridgehead atoms. The minimum atomic E-state index is -0.608. The largest absolute Gasteiger partial charge is 0.468 e.